The van der Waals surface area contributed by atoms with Crippen LogP contribution in [0.2, 0.25) is 0 Å². The van der Waals surface area contributed by atoms with Crippen molar-refractivity contribution in [3.63, 3.8) is 0 Å². The smallest absolute Gasteiger partial charge is 0.229 e. The van der Waals surface area contributed by atoms with Gasteiger partial charge in [0.1, 0.15) is 5.82 Å². The fraction of sp³-hybridized carbons (Fsp3) is 0.269. The molecule has 1 aliphatic heterocycles. The normalized spacial score (nSPS) is 13.1. The highest BCUT2D eigenvalue weighted by atomic mass is 15.3. The van der Waals surface area contributed by atoms with E-state index in [9.17, 15) is 0 Å². The fourth-order valence-corrected chi connectivity index (χ4v) is 4.06. The summed E-state index contributed by atoms with van der Waals surface area (Å²) in [6.07, 6.45) is 6.83. The van der Waals surface area contributed by atoms with Gasteiger partial charge in [-0.2, -0.15) is 10.1 Å². The highest BCUT2D eigenvalue weighted by Gasteiger charge is 2.15. The first-order valence-corrected chi connectivity index (χ1v) is 11.4. The lowest BCUT2D eigenvalue weighted by molar-refractivity contribution is 0.532. The molecule has 0 saturated carbocycles. The van der Waals surface area contributed by atoms with Gasteiger partial charge in [-0.1, -0.05) is 18.2 Å². The molecule has 0 unspecified atom stereocenters. The van der Waals surface area contributed by atoms with Crippen LogP contribution in [0.25, 0.3) is 11.1 Å². The molecule has 0 fully saturated rings. The molecule has 2 aromatic carbocycles. The number of aryl methyl sites for hydroxylation is 1. The summed E-state index contributed by atoms with van der Waals surface area (Å²) in [6.45, 7) is 8.22. The predicted molar refractivity (Wildman–Crippen MR) is 133 cm³/mol. The number of hydrogen-bond acceptors (Lipinski definition) is 6. The molecular weight excluding hydrogens is 410 g/mol. The quantitative estimate of drug-likeness (QED) is 0.375. The Hall–Kier alpha value is -3.71. The van der Waals surface area contributed by atoms with Gasteiger partial charge in [0.15, 0.2) is 0 Å². The summed E-state index contributed by atoms with van der Waals surface area (Å²) >= 11 is 0. The molecule has 7 nitrogen and oxygen atoms in total. The summed E-state index contributed by atoms with van der Waals surface area (Å²) in [4.78, 5) is 9.45. The lowest BCUT2D eigenvalue weighted by atomic mass is 10.0. The minimum Gasteiger partial charge on any atom is -0.340 e. The van der Waals surface area contributed by atoms with E-state index in [4.69, 9.17) is 4.98 Å². The zero-order valence-electron chi connectivity index (χ0n) is 19.3. The summed E-state index contributed by atoms with van der Waals surface area (Å²) < 4.78 is 1.95. The van der Waals surface area contributed by atoms with Crippen LogP contribution in [0.4, 0.5) is 23.1 Å². The second-order valence-corrected chi connectivity index (χ2v) is 8.79. The van der Waals surface area contributed by atoms with Gasteiger partial charge >= 0.3 is 0 Å². The average Bonchev–Trinajstić information content (AvgIpc) is 3.30. The first-order chi connectivity index (χ1) is 16.0. The van der Waals surface area contributed by atoms with E-state index >= 15 is 0 Å². The molecule has 0 amide bonds. The summed E-state index contributed by atoms with van der Waals surface area (Å²) in [5.74, 6) is 1.29. The molecule has 5 rings (SSSR count). The van der Waals surface area contributed by atoms with E-state index in [0.29, 0.717) is 5.95 Å². The van der Waals surface area contributed by atoms with E-state index < -0.39 is 0 Å². The molecular formula is C26H29N7. The van der Waals surface area contributed by atoms with Gasteiger partial charge < -0.3 is 16.0 Å². The molecule has 3 N–H and O–H groups in total. The first kappa shape index (κ1) is 21.2. The fourth-order valence-electron chi connectivity index (χ4n) is 4.06. The largest absolute Gasteiger partial charge is 0.340 e. The number of rotatable bonds is 6. The first-order valence-electron chi connectivity index (χ1n) is 11.4. The van der Waals surface area contributed by atoms with Crippen LogP contribution in [0.3, 0.4) is 0 Å². The standard InChI is InChI=1S/C26H29N7/c1-17(2)33-16-21(14-29-33)24-15-28-26(31-22-6-4-5-18(3)11-22)32-25(24)30-23-8-7-19-9-10-27-13-20(19)12-23/h4-8,11-12,14-17,27H,9-10,13H2,1-3H3,(H2,28,30,31,32). The van der Waals surface area contributed by atoms with Gasteiger partial charge in [-0.15, -0.1) is 0 Å². The number of benzene rings is 2. The van der Waals surface area contributed by atoms with E-state index in [-0.39, 0.29) is 6.04 Å². The molecule has 0 radical (unpaired) electrons. The molecule has 0 spiro atoms. The SMILES string of the molecule is Cc1cccc(Nc2ncc(-c3cnn(C(C)C)c3)c(Nc3ccc4c(c3)CNCC4)n2)c1. The maximum atomic E-state index is 4.85. The zero-order chi connectivity index (χ0) is 22.8. The molecule has 7 heteroatoms. The highest BCUT2D eigenvalue weighted by Crippen LogP contribution is 2.31. The minimum atomic E-state index is 0.284. The van der Waals surface area contributed by atoms with E-state index in [1.165, 1.54) is 16.7 Å². The van der Waals surface area contributed by atoms with Crippen molar-refractivity contribution >= 4 is 23.1 Å². The third-order valence-corrected chi connectivity index (χ3v) is 5.86. The van der Waals surface area contributed by atoms with Crippen molar-refractivity contribution in [3.05, 3.63) is 77.7 Å². The van der Waals surface area contributed by atoms with Crippen molar-refractivity contribution in [1.82, 2.24) is 25.1 Å². The van der Waals surface area contributed by atoms with Gasteiger partial charge in [0.25, 0.3) is 0 Å². The van der Waals surface area contributed by atoms with Crippen LogP contribution >= 0.6 is 0 Å². The van der Waals surface area contributed by atoms with Crippen molar-refractivity contribution in [2.24, 2.45) is 0 Å². The highest BCUT2D eigenvalue weighted by molar-refractivity contribution is 5.78. The maximum absolute atomic E-state index is 4.85. The Labute approximate surface area is 194 Å². The van der Waals surface area contributed by atoms with Crippen LogP contribution < -0.4 is 16.0 Å². The van der Waals surface area contributed by atoms with E-state index in [2.05, 4.69) is 77.1 Å². The van der Waals surface area contributed by atoms with Gasteiger partial charge in [-0.25, -0.2) is 4.98 Å². The Bertz CT molecular complexity index is 1280. The van der Waals surface area contributed by atoms with Gasteiger partial charge in [0.05, 0.1) is 6.20 Å². The average molecular weight is 440 g/mol. The third kappa shape index (κ3) is 4.73. The molecule has 4 aromatic rings. The molecule has 2 aromatic heterocycles. The Kier molecular flexibility index (Phi) is 5.79. The minimum absolute atomic E-state index is 0.284. The van der Waals surface area contributed by atoms with E-state index in [1.807, 2.05) is 35.4 Å². The second kappa shape index (κ2) is 9.03. The van der Waals surface area contributed by atoms with Crippen molar-refractivity contribution in [3.8, 4) is 11.1 Å². The summed E-state index contributed by atoms with van der Waals surface area (Å²) in [7, 11) is 0. The van der Waals surface area contributed by atoms with Gasteiger partial charge in [0.2, 0.25) is 5.95 Å². The Morgan fingerprint density at radius 1 is 1.00 bits per heavy atom. The van der Waals surface area contributed by atoms with Crippen molar-refractivity contribution in [2.75, 3.05) is 17.2 Å². The molecule has 0 atom stereocenters. The summed E-state index contributed by atoms with van der Waals surface area (Å²) in [5.41, 5.74) is 7.77. The summed E-state index contributed by atoms with van der Waals surface area (Å²) in [6, 6.07) is 15.0. The molecule has 33 heavy (non-hydrogen) atoms. The lowest BCUT2D eigenvalue weighted by Gasteiger charge is -2.19. The van der Waals surface area contributed by atoms with Crippen LogP contribution in [-0.4, -0.2) is 26.3 Å². The number of hydrogen-bond donors (Lipinski definition) is 3. The molecule has 0 aliphatic carbocycles. The molecule has 0 bridgehead atoms. The third-order valence-electron chi connectivity index (χ3n) is 5.86. The zero-order valence-corrected chi connectivity index (χ0v) is 19.3. The van der Waals surface area contributed by atoms with Crippen LogP contribution in [0.5, 0.6) is 0 Å². The van der Waals surface area contributed by atoms with E-state index in [0.717, 1.165) is 47.8 Å². The van der Waals surface area contributed by atoms with Crippen LogP contribution in [0.15, 0.2) is 61.1 Å². The monoisotopic (exact) mass is 439 g/mol. The van der Waals surface area contributed by atoms with Crippen LogP contribution in [0, 0.1) is 6.92 Å². The number of anilines is 4. The van der Waals surface area contributed by atoms with Gasteiger partial charge in [-0.05, 0) is 74.7 Å². The Morgan fingerprint density at radius 3 is 2.70 bits per heavy atom. The number of aromatic nitrogens is 4. The number of fused-ring (bicyclic) bond motifs is 1. The van der Waals surface area contributed by atoms with Crippen molar-refractivity contribution in [1.29, 1.82) is 0 Å². The van der Waals surface area contributed by atoms with Crippen molar-refractivity contribution in [2.45, 2.75) is 39.8 Å². The Balaban J connectivity index is 1.51. The molecule has 168 valence electrons. The number of nitrogens with zero attached hydrogens (tertiary/aromatic N) is 4. The van der Waals surface area contributed by atoms with Crippen LogP contribution in [-0.2, 0) is 13.0 Å². The number of nitrogens with one attached hydrogen (secondary N) is 3. The lowest BCUT2D eigenvalue weighted by Crippen LogP contribution is -2.23. The van der Waals surface area contributed by atoms with Crippen LogP contribution in [0.1, 0.15) is 36.6 Å². The van der Waals surface area contributed by atoms with E-state index in [1.54, 1.807) is 0 Å². The second-order valence-electron chi connectivity index (χ2n) is 8.79. The van der Waals surface area contributed by atoms with Gasteiger partial charge in [0, 0.05) is 47.5 Å². The molecule has 3 heterocycles. The van der Waals surface area contributed by atoms with Gasteiger partial charge in [-0.3, -0.25) is 4.68 Å². The summed E-state index contributed by atoms with van der Waals surface area (Å²) in [5, 5.41) is 14.8. The topological polar surface area (TPSA) is 79.7 Å². The van der Waals surface area contributed by atoms with Crippen molar-refractivity contribution < 1.29 is 0 Å². The maximum Gasteiger partial charge on any atom is 0.229 e. The predicted octanol–water partition coefficient (Wildman–Crippen LogP) is 5.36. The molecule has 1 aliphatic rings. The molecule has 0 saturated heterocycles. The Morgan fingerprint density at radius 2 is 1.88 bits per heavy atom.